The molecule has 5 aromatic rings. The van der Waals surface area contributed by atoms with E-state index in [0.717, 1.165) is 52.2 Å². The van der Waals surface area contributed by atoms with Crippen molar-refractivity contribution in [2.24, 2.45) is 0 Å². The normalized spacial score (nSPS) is 11.2. The average Bonchev–Trinajstić information content (AvgIpc) is 3.23. The molecule has 0 fully saturated rings. The van der Waals surface area contributed by atoms with Crippen molar-refractivity contribution >= 4 is 38.9 Å². The Labute approximate surface area is 187 Å². The molecule has 5 nitrogen and oxygen atoms in total. The number of anilines is 3. The largest absolute Gasteiger partial charge is 0.392 e. The summed E-state index contributed by atoms with van der Waals surface area (Å²) in [6.45, 7) is 2.88. The van der Waals surface area contributed by atoms with Gasteiger partial charge in [-0.3, -0.25) is 4.98 Å². The fourth-order valence-electron chi connectivity index (χ4n) is 4.11. The van der Waals surface area contributed by atoms with E-state index in [0.29, 0.717) is 0 Å². The molecule has 0 saturated carbocycles. The van der Waals surface area contributed by atoms with Crippen LogP contribution in [0, 0.1) is 6.92 Å². The fourth-order valence-corrected chi connectivity index (χ4v) is 4.11. The van der Waals surface area contributed by atoms with Gasteiger partial charge in [-0.05, 0) is 73.0 Å². The van der Waals surface area contributed by atoms with Gasteiger partial charge >= 0.3 is 0 Å². The van der Waals surface area contributed by atoms with E-state index < -0.39 is 0 Å². The Morgan fingerprint density at radius 3 is 2.56 bits per heavy atom. The minimum atomic E-state index is 0.0160. The number of rotatable bonds is 7. The smallest absolute Gasteiger partial charge is 0.0726 e. The molecule has 0 spiro atoms. The van der Waals surface area contributed by atoms with E-state index in [-0.39, 0.29) is 6.61 Å². The number of fused-ring (bicyclic) bond motifs is 2. The molecule has 5 rings (SSSR count). The molecule has 2 aromatic heterocycles. The van der Waals surface area contributed by atoms with Gasteiger partial charge in [0.05, 0.1) is 12.1 Å². The Hall–Kier alpha value is -3.83. The van der Waals surface area contributed by atoms with Gasteiger partial charge in [0.25, 0.3) is 0 Å². The number of pyridine rings is 1. The number of H-pyrrole nitrogens is 1. The topological polar surface area (TPSA) is 73.0 Å². The SMILES string of the molecule is Cc1cc(Nc2ccc(NCCc3c[nH]c4ccccc34)cc2)c2cc(CO)ccc2n1. The molecule has 5 heteroatoms. The van der Waals surface area contributed by atoms with Gasteiger partial charge in [-0.2, -0.15) is 0 Å². The summed E-state index contributed by atoms with van der Waals surface area (Å²) in [6.07, 6.45) is 3.06. The molecular formula is C27H26N4O. The quantitative estimate of drug-likeness (QED) is 0.263. The number of aromatic nitrogens is 2. The molecule has 0 atom stereocenters. The Kier molecular flexibility index (Phi) is 5.48. The van der Waals surface area contributed by atoms with Gasteiger partial charge in [0.2, 0.25) is 0 Å². The maximum atomic E-state index is 9.50. The minimum Gasteiger partial charge on any atom is -0.392 e. The number of aromatic amines is 1. The molecule has 0 aliphatic carbocycles. The van der Waals surface area contributed by atoms with Crippen LogP contribution in [-0.2, 0) is 13.0 Å². The van der Waals surface area contributed by atoms with Crippen molar-refractivity contribution in [2.75, 3.05) is 17.2 Å². The van der Waals surface area contributed by atoms with Gasteiger partial charge < -0.3 is 20.7 Å². The number of para-hydroxylation sites is 1. The van der Waals surface area contributed by atoms with Crippen molar-refractivity contribution in [3.05, 3.63) is 95.8 Å². The van der Waals surface area contributed by atoms with Gasteiger partial charge in [0, 0.05) is 51.8 Å². The van der Waals surface area contributed by atoms with Crippen molar-refractivity contribution < 1.29 is 5.11 Å². The third-order valence-corrected chi connectivity index (χ3v) is 5.75. The number of aliphatic hydroxyl groups is 1. The van der Waals surface area contributed by atoms with E-state index in [1.807, 2.05) is 31.2 Å². The molecule has 160 valence electrons. The van der Waals surface area contributed by atoms with Crippen molar-refractivity contribution in [1.82, 2.24) is 9.97 Å². The lowest BCUT2D eigenvalue weighted by atomic mass is 10.1. The third-order valence-electron chi connectivity index (χ3n) is 5.75. The lowest BCUT2D eigenvalue weighted by molar-refractivity contribution is 0.282. The van der Waals surface area contributed by atoms with E-state index in [1.54, 1.807) is 0 Å². The third kappa shape index (κ3) is 4.15. The van der Waals surface area contributed by atoms with Crippen LogP contribution < -0.4 is 10.6 Å². The summed E-state index contributed by atoms with van der Waals surface area (Å²) in [6, 6.07) is 24.6. The van der Waals surface area contributed by atoms with Gasteiger partial charge in [-0.1, -0.05) is 24.3 Å². The van der Waals surface area contributed by atoms with Crippen LogP contribution in [0.1, 0.15) is 16.8 Å². The van der Waals surface area contributed by atoms with Crippen molar-refractivity contribution in [3.63, 3.8) is 0 Å². The molecule has 0 saturated heterocycles. The first-order chi connectivity index (χ1) is 15.7. The molecule has 0 unspecified atom stereocenters. The van der Waals surface area contributed by atoms with Crippen LogP contribution in [0.5, 0.6) is 0 Å². The summed E-state index contributed by atoms with van der Waals surface area (Å²) in [5.41, 5.74) is 8.34. The first-order valence-corrected chi connectivity index (χ1v) is 10.9. The maximum absolute atomic E-state index is 9.50. The average molecular weight is 423 g/mol. The van der Waals surface area contributed by atoms with Crippen molar-refractivity contribution in [1.29, 1.82) is 0 Å². The molecule has 0 aliphatic rings. The highest BCUT2D eigenvalue weighted by Gasteiger charge is 2.07. The maximum Gasteiger partial charge on any atom is 0.0726 e. The van der Waals surface area contributed by atoms with E-state index >= 15 is 0 Å². The summed E-state index contributed by atoms with van der Waals surface area (Å²) in [5, 5.41) is 18.8. The number of benzene rings is 3. The highest BCUT2D eigenvalue weighted by molar-refractivity contribution is 5.93. The number of nitrogens with zero attached hydrogens (tertiary/aromatic N) is 1. The number of hydrogen-bond acceptors (Lipinski definition) is 4. The number of hydrogen-bond donors (Lipinski definition) is 4. The lowest BCUT2D eigenvalue weighted by Gasteiger charge is -2.13. The second-order valence-electron chi connectivity index (χ2n) is 8.06. The Bertz CT molecular complexity index is 1370. The predicted molar refractivity (Wildman–Crippen MR) is 133 cm³/mol. The van der Waals surface area contributed by atoms with E-state index in [9.17, 15) is 5.11 Å². The van der Waals surface area contributed by atoms with Gasteiger partial charge in [0.15, 0.2) is 0 Å². The molecule has 3 aromatic carbocycles. The second kappa shape index (κ2) is 8.73. The zero-order valence-electron chi connectivity index (χ0n) is 18.0. The molecule has 32 heavy (non-hydrogen) atoms. The van der Waals surface area contributed by atoms with Crippen LogP contribution in [0.2, 0.25) is 0 Å². The first-order valence-electron chi connectivity index (χ1n) is 10.9. The fraction of sp³-hybridized carbons (Fsp3) is 0.148. The van der Waals surface area contributed by atoms with Gasteiger partial charge in [0.1, 0.15) is 0 Å². The zero-order valence-corrected chi connectivity index (χ0v) is 18.0. The lowest BCUT2D eigenvalue weighted by Crippen LogP contribution is -2.04. The zero-order chi connectivity index (χ0) is 21.9. The van der Waals surface area contributed by atoms with E-state index in [1.165, 1.54) is 16.5 Å². The standard InChI is InChI=1S/C27H26N4O/c1-18-14-27(24-15-19(17-32)6-11-26(24)30-18)31-22-9-7-21(8-10-22)28-13-12-20-16-29-25-5-3-2-4-23(20)25/h2-11,14-16,28-29,32H,12-13,17H2,1H3,(H,30,31). The highest BCUT2D eigenvalue weighted by Crippen LogP contribution is 2.28. The monoisotopic (exact) mass is 422 g/mol. The number of aliphatic hydroxyl groups excluding tert-OH is 1. The van der Waals surface area contributed by atoms with Crippen LogP contribution in [0.25, 0.3) is 21.8 Å². The van der Waals surface area contributed by atoms with Crippen LogP contribution in [0.3, 0.4) is 0 Å². The predicted octanol–water partition coefficient (Wildman–Crippen LogP) is 5.92. The van der Waals surface area contributed by atoms with Crippen LogP contribution >= 0.6 is 0 Å². The van der Waals surface area contributed by atoms with Crippen molar-refractivity contribution in [2.45, 2.75) is 20.0 Å². The first kappa shape index (κ1) is 20.1. The Balaban J connectivity index is 1.27. The molecule has 2 heterocycles. The van der Waals surface area contributed by atoms with Crippen LogP contribution in [0.4, 0.5) is 17.1 Å². The summed E-state index contributed by atoms with van der Waals surface area (Å²) < 4.78 is 0. The number of nitrogens with one attached hydrogen (secondary N) is 3. The van der Waals surface area contributed by atoms with Gasteiger partial charge in [-0.15, -0.1) is 0 Å². The number of aryl methyl sites for hydroxylation is 1. The molecule has 0 bridgehead atoms. The summed E-state index contributed by atoms with van der Waals surface area (Å²) in [7, 11) is 0. The molecule has 4 N–H and O–H groups in total. The van der Waals surface area contributed by atoms with E-state index in [2.05, 4.69) is 75.3 Å². The Morgan fingerprint density at radius 1 is 0.906 bits per heavy atom. The molecule has 0 aliphatic heterocycles. The summed E-state index contributed by atoms with van der Waals surface area (Å²) in [5.74, 6) is 0. The van der Waals surface area contributed by atoms with Crippen molar-refractivity contribution in [3.8, 4) is 0 Å². The summed E-state index contributed by atoms with van der Waals surface area (Å²) >= 11 is 0. The van der Waals surface area contributed by atoms with Crippen LogP contribution in [-0.4, -0.2) is 21.6 Å². The van der Waals surface area contributed by atoms with E-state index in [4.69, 9.17) is 0 Å². The highest BCUT2D eigenvalue weighted by atomic mass is 16.3. The molecule has 0 amide bonds. The minimum absolute atomic E-state index is 0.0160. The molecule has 0 radical (unpaired) electrons. The Morgan fingerprint density at radius 2 is 1.72 bits per heavy atom. The van der Waals surface area contributed by atoms with Crippen LogP contribution in [0.15, 0.2) is 79.0 Å². The molecular weight excluding hydrogens is 396 g/mol. The summed E-state index contributed by atoms with van der Waals surface area (Å²) in [4.78, 5) is 7.94. The second-order valence-corrected chi connectivity index (χ2v) is 8.06. The van der Waals surface area contributed by atoms with Gasteiger partial charge in [-0.25, -0.2) is 0 Å².